The van der Waals surface area contributed by atoms with Crippen LogP contribution in [0.4, 0.5) is 0 Å². The molecule has 0 saturated heterocycles. The lowest BCUT2D eigenvalue weighted by Gasteiger charge is -2.20. The summed E-state index contributed by atoms with van der Waals surface area (Å²) in [7, 11) is -4.71. The molecule has 12 nitrogen and oxygen atoms in total. The summed E-state index contributed by atoms with van der Waals surface area (Å²) in [6.07, 6.45) is 49.2. The molecule has 13 heteroatoms. The van der Waals surface area contributed by atoms with Gasteiger partial charge in [0.15, 0.2) is 6.10 Å². The number of phosphoric ester groups is 1. The van der Waals surface area contributed by atoms with Gasteiger partial charge in [0.25, 0.3) is 0 Å². The highest BCUT2D eigenvalue weighted by Crippen LogP contribution is 2.43. The Labute approximate surface area is 431 Å². The van der Waals surface area contributed by atoms with E-state index in [2.05, 4.69) is 20.8 Å². The number of carbonyl (C=O) groups is 3. The molecule has 0 bridgehead atoms. The molecule has 3 atom stereocenters. The Bertz CT molecular complexity index is 1180. The third-order valence-electron chi connectivity index (χ3n) is 13.2. The molecule has 0 radical (unpaired) electrons. The maximum atomic E-state index is 12.8. The van der Waals surface area contributed by atoms with Crippen LogP contribution in [0, 0.1) is 0 Å². The van der Waals surface area contributed by atoms with Crippen molar-refractivity contribution in [3.05, 3.63) is 0 Å². The first-order chi connectivity index (χ1) is 33.6. The molecule has 0 fully saturated rings. The Balaban J connectivity index is 0. The summed E-state index contributed by atoms with van der Waals surface area (Å²) in [5.41, 5.74) is 0. The molecule has 418 valence electrons. The number of rotatable bonds is 56. The molecule has 0 aromatic heterocycles. The molecule has 0 rings (SSSR count). The molecule has 0 aliphatic rings. The van der Waals surface area contributed by atoms with Crippen LogP contribution in [0.2, 0.25) is 0 Å². The number of esters is 3. The van der Waals surface area contributed by atoms with Crippen LogP contribution in [-0.2, 0) is 42.2 Å². The van der Waals surface area contributed by atoms with Crippen LogP contribution in [0.15, 0.2) is 0 Å². The Hall–Kier alpha value is -1.56. The maximum absolute atomic E-state index is 12.8. The molecule has 0 aliphatic carbocycles. The molecule has 5 N–H and O–H groups in total. The first-order valence-electron chi connectivity index (χ1n) is 29.4. The molecule has 0 aromatic rings. The number of phosphoric acid groups is 1. The molecule has 0 aromatic carbocycles. The van der Waals surface area contributed by atoms with E-state index in [-0.39, 0.29) is 38.6 Å². The van der Waals surface area contributed by atoms with Gasteiger partial charge in [0.05, 0.1) is 13.2 Å². The minimum absolute atomic E-state index is 0. The largest absolute Gasteiger partial charge is 0.472 e. The van der Waals surface area contributed by atoms with Gasteiger partial charge >= 0.3 is 25.7 Å². The SMILES string of the molecule is CCCCCCCCCCCCCCCCC(=O)OC[C@@H](O)COP(=O)(O)OC[C@@H](COC(=O)CCCCCCCCCCCCCCCC)OC(=O)CCCCCCCCCCCCCCCC.N. The van der Waals surface area contributed by atoms with Crippen molar-refractivity contribution in [2.75, 3.05) is 26.4 Å². The van der Waals surface area contributed by atoms with Gasteiger partial charge in [0.1, 0.15) is 19.3 Å². The second-order valence-corrected chi connectivity index (χ2v) is 21.7. The van der Waals surface area contributed by atoms with Crippen LogP contribution in [0.1, 0.15) is 310 Å². The minimum atomic E-state index is -4.71. The van der Waals surface area contributed by atoms with Crippen LogP contribution in [0.5, 0.6) is 0 Å². The van der Waals surface area contributed by atoms with Gasteiger partial charge in [-0.3, -0.25) is 23.4 Å². The van der Waals surface area contributed by atoms with Gasteiger partial charge in [-0.2, -0.15) is 0 Å². The molecule has 70 heavy (non-hydrogen) atoms. The van der Waals surface area contributed by atoms with Crippen molar-refractivity contribution in [1.29, 1.82) is 0 Å². The van der Waals surface area contributed by atoms with E-state index in [1.54, 1.807) is 0 Å². The Kier molecular flexibility index (Phi) is 55.6. The minimum Gasteiger partial charge on any atom is -0.463 e. The molecular weight excluding hydrogens is 906 g/mol. The lowest BCUT2D eigenvalue weighted by molar-refractivity contribution is -0.161. The summed E-state index contributed by atoms with van der Waals surface area (Å²) in [5.74, 6) is -1.35. The van der Waals surface area contributed by atoms with Gasteiger partial charge in [-0.15, -0.1) is 0 Å². The molecule has 0 amide bonds. The fraction of sp³-hybridized carbons (Fsp3) is 0.947. The van der Waals surface area contributed by atoms with Gasteiger partial charge in [-0.05, 0) is 19.3 Å². The first kappa shape index (κ1) is 70.5. The molecule has 0 saturated carbocycles. The normalized spacial score (nSPS) is 13.1. The van der Waals surface area contributed by atoms with E-state index in [1.807, 2.05) is 0 Å². The molecule has 1 unspecified atom stereocenters. The zero-order chi connectivity index (χ0) is 50.6. The van der Waals surface area contributed by atoms with E-state index < -0.39 is 51.2 Å². The van der Waals surface area contributed by atoms with Crippen LogP contribution >= 0.6 is 7.82 Å². The lowest BCUT2D eigenvalue weighted by atomic mass is 10.0. The highest BCUT2D eigenvalue weighted by Gasteiger charge is 2.27. The van der Waals surface area contributed by atoms with Crippen LogP contribution in [-0.4, -0.2) is 66.5 Å². The summed E-state index contributed by atoms with van der Waals surface area (Å²) >= 11 is 0. The first-order valence-corrected chi connectivity index (χ1v) is 30.9. The predicted molar refractivity (Wildman–Crippen MR) is 289 cm³/mol. The van der Waals surface area contributed by atoms with Crippen molar-refractivity contribution in [3.8, 4) is 0 Å². The molecular formula is C57H114NO11P. The van der Waals surface area contributed by atoms with E-state index in [1.165, 1.54) is 193 Å². The van der Waals surface area contributed by atoms with E-state index in [4.69, 9.17) is 23.3 Å². The van der Waals surface area contributed by atoms with Crippen molar-refractivity contribution in [3.63, 3.8) is 0 Å². The summed E-state index contributed by atoms with van der Waals surface area (Å²) in [6, 6.07) is 0. The second-order valence-electron chi connectivity index (χ2n) is 20.2. The van der Waals surface area contributed by atoms with Gasteiger partial charge < -0.3 is 30.4 Å². The Morgan fingerprint density at radius 1 is 0.357 bits per heavy atom. The highest BCUT2D eigenvalue weighted by atomic mass is 31.2. The third kappa shape index (κ3) is 54.2. The zero-order valence-corrected chi connectivity index (χ0v) is 46.9. The number of unbranched alkanes of at least 4 members (excludes halogenated alkanes) is 39. The highest BCUT2D eigenvalue weighted by molar-refractivity contribution is 7.47. The number of ether oxygens (including phenoxy) is 3. The topological polar surface area (TPSA) is 190 Å². The van der Waals surface area contributed by atoms with E-state index in [9.17, 15) is 28.9 Å². The van der Waals surface area contributed by atoms with Crippen LogP contribution in [0.3, 0.4) is 0 Å². The van der Waals surface area contributed by atoms with E-state index >= 15 is 0 Å². The van der Waals surface area contributed by atoms with Gasteiger partial charge in [0, 0.05) is 19.3 Å². The van der Waals surface area contributed by atoms with Crippen LogP contribution in [0.25, 0.3) is 0 Å². The third-order valence-corrected chi connectivity index (χ3v) is 14.2. The maximum Gasteiger partial charge on any atom is 0.472 e. The van der Waals surface area contributed by atoms with Crippen molar-refractivity contribution in [2.24, 2.45) is 0 Å². The quantitative estimate of drug-likeness (QED) is 0.0227. The number of aliphatic hydroxyl groups is 1. The monoisotopic (exact) mass is 1020 g/mol. The van der Waals surface area contributed by atoms with Crippen molar-refractivity contribution < 1.29 is 52.2 Å². The zero-order valence-electron chi connectivity index (χ0n) is 46.0. The number of carbonyl (C=O) groups excluding carboxylic acids is 3. The van der Waals surface area contributed by atoms with Crippen molar-refractivity contribution in [1.82, 2.24) is 6.15 Å². The lowest BCUT2D eigenvalue weighted by Crippen LogP contribution is -2.30. The molecule has 0 aliphatic heterocycles. The van der Waals surface area contributed by atoms with Crippen LogP contribution < -0.4 is 6.15 Å². The summed E-state index contributed by atoms with van der Waals surface area (Å²) < 4.78 is 39.1. The van der Waals surface area contributed by atoms with Crippen molar-refractivity contribution >= 4 is 25.7 Å². The summed E-state index contributed by atoms with van der Waals surface area (Å²) in [4.78, 5) is 48.1. The summed E-state index contributed by atoms with van der Waals surface area (Å²) in [5, 5.41) is 10.3. The fourth-order valence-electron chi connectivity index (χ4n) is 8.71. The van der Waals surface area contributed by atoms with Crippen molar-refractivity contribution in [2.45, 2.75) is 322 Å². The van der Waals surface area contributed by atoms with Gasteiger partial charge in [-0.25, -0.2) is 4.57 Å². The number of aliphatic hydroxyl groups excluding tert-OH is 1. The smallest absolute Gasteiger partial charge is 0.463 e. The van der Waals surface area contributed by atoms with Gasteiger partial charge in [0.2, 0.25) is 0 Å². The predicted octanol–water partition coefficient (Wildman–Crippen LogP) is 17.3. The molecule has 0 heterocycles. The standard InChI is InChI=1S/C57H111O11P.H3N/c1-4-7-10-13-16-19-22-25-28-31-34-37-40-43-46-55(59)64-49-53(58)50-66-69(62,63)67-52-54(68-57(61)48-45-42-39-36-33-30-27-24-21-18-15-12-9-6-3)51-65-56(60)47-44-41-38-35-32-29-26-23-20-17-14-11-8-5-2;/h53-54,58H,4-52H2,1-3H3,(H,62,63);1H3/t53-,54-;/m1./s1. The van der Waals surface area contributed by atoms with E-state index in [0.717, 1.165) is 57.8 Å². The average molecular weight is 1020 g/mol. The number of hydrogen-bond donors (Lipinski definition) is 3. The Morgan fingerprint density at radius 3 is 0.900 bits per heavy atom. The fourth-order valence-corrected chi connectivity index (χ4v) is 9.50. The molecule has 0 spiro atoms. The van der Waals surface area contributed by atoms with E-state index in [0.29, 0.717) is 19.3 Å². The number of hydrogen-bond acceptors (Lipinski definition) is 11. The second kappa shape index (κ2) is 55.2. The average Bonchev–Trinajstić information content (AvgIpc) is 3.33. The summed E-state index contributed by atoms with van der Waals surface area (Å²) in [6.45, 7) is 4.89. The van der Waals surface area contributed by atoms with Gasteiger partial charge in [-0.1, -0.05) is 271 Å². The Morgan fingerprint density at radius 2 is 0.600 bits per heavy atom.